The highest BCUT2D eigenvalue weighted by Gasteiger charge is 2.26. The van der Waals surface area contributed by atoms with Crippen molar-refractivity contribution >= 4 is 5.97 Å². The van der Waals surface area contributed by atoms with Gasteiger partial charge in [0, 0.05) is 11.5 Å². The second-order valence-corrected chi connectivity index (χ2v) is 4.68. The second kappa shape index (κ2) is 4.76. The Labute approximate surface area is 111 Å². The number of benzene rings is 2. The lowest BCUT2D eigenvalue weighted by atomic mass is 9.86. The molecule has 2 aromatic rings. The molecule has 0 bridgehead atoms. The molecule has 0 fully saturated rings. The number of carbonyl (C=O) groups is 1. The Morgan fingerprint density at radius 3 is 2.58 bits per heavy atom. The van der Waals surface area contributed by atoms with Crippen LogP contribution in [0, 0.1) is 0 Å². The van der Waals surface area contributed by atoms with E-state index in [1.807, 2.05) is 48.5 Å². The van der Waals surface area contributed by atoms with Crippen molar-refractivity contribution in [3.63, 3.8) is 0 Å². The molecule has 1 heterocycles. The smallest absolute Gasteiger partial charge is 0.304 e. The van der Waals surface area contributed by atoms with Crippen LogP contribution in [0.25, 0.3) is 0 Å². The summed E-state index contributed by atoms with van der Waals surface area (Å²) in [7, 11) is 0. The van der Waals surface area contributed by atoms with Gasteiger partial charge < -0.3 is 9.84 Å². The van der Waals surface area contributed by atoms with Gasteiger partial charge in [0.2, 0.25) is 0 Å². The largest absolute Gasteiger partial charge is 0.489 e. The van der Waals surface area contributed by atoms with Gasteiger partial charge in [0.25, 0.3) is 0 Å². The Kier molecular flexibility index (Phi) is 2.95. The van der Waals surface area contributed by atoms with E-state index in [1.165, 1.54) is 0 Å². The highest BCUT2D eigenvalue weighted by atomic mass is 16.5. The molecule has 0 saturated heterocycles. The molecule has 96 valence electrons. The Bertz CT molecular complexity index is 571. The Morgan fingerprint density at radius 1 is 1.11 bits per heavy atom. The van der Waals surface area contributed by atoms with Gasteiger partial charge in [0.1, 0.15) is 12.4 Å². The van der Waals surface area contributed by atoms with Gasteiger partial charge in [0.15, 0.2) is 0 Å². The van der Waals surface area contributed by atoms with Crippen molar-refractivity contribution < 1.29 is 14.6 Å². The number of hydrogen-bond acceptors (Lipinski definition) is 2. The first-order valence-corrected chi connectivity index (χ1v) is 6.27. The number of ether oxygens (including phenoxy) is 1. The zero-order valence-electron chi connectivity index (χ0n) is 10.4. The molecular formula is C16H14O3. The molecule has 1 atom stereocenters. The Balaban J connectivity index is 2.16. The van der Waals surface area contributed by atoms with Gasteiger partial charge in [-0.3, -0.25) is 4.79 Å². The first kappa shape index (κ1) is 11.8. The van der Waals surface area contributed by atoms with E-state index in [2.05, 4.69) is 0 Å². The summed E-state index contributed by atoms with van der Waals surface area (Å²) in [4.78, 5) is 11.2. The van der Waals surface area contributed by atoms with Crippen LogP contribution < -0.4 is 4.74 Å². The third kappa shape index (κ3) is 2.19. The molecule has 3 rings (SSSR count). The zero-order chi connectivity index (χ0) is 13.2. The molecule has 3 heteroatoms. The van der Waals surface area contributed by atoms with Crippen molar-refractivity contribution in [1.82, 2.24) is 0 Å². The predicted molar refractivity (Wildman–Crippen MR) is 71.3 cm³/mol. The van der Waals surface area contributed by atoms with Crippen LogP contribution in [0.5, 0.6) is 5.75 Å². The van der Waals surface area contributed by atoms with Crippen LogP contribution in [0.3, 0.4) is 0 Å². The first-order chi connectivity index (χ1) is 9.25. The summed E-state index contributed by atoms with van der Waals surface area (Å²) in [6, 6.07) is 15.6. The normalized spacial score (nSPS) is 16.7. The topological polar surface area (TPSA) is 46.5 Å². The van der Waals surface area contributed by atoms with Crippen molar-refractivity contribution in [3.8, 4) is 5.75 Å². The number of fused-ring (bicyclic) bond motifs is 2. The minimum Gasteiger partial charge on any atom is -0.489 e. The Hall–Kier alpha value is -2.29. The quantitative estimate of drug-likeness (QED) is 0.895. The van der Waals surface area contributed by atoms with Crippen molar-refractivity contribution in [1.29, 1.82) is 0 Å². The number of hydrogen-bond donors (Lipinski definition) is 1. The van der Waals surface area contributed by atoms with Gasteiger partial charge in [-0.25, -0.2) is 0 Å². The van der Waals surface area contributed by atoms with Crippen LogP contribution >= 0.6 is 0 Å². The average molecular weight is 254 g/mol. The van der Waals surface area contributed by atoms with E-state index < -0.39 is 5.97 Å². The molecule has 2 aromatic carbocycles. The van der Waals surface area contributed by atoms with Crippen LogP contribution in [0.2, 0.25) is 0 Å². The molecule has 0 radical (unpaired) electrons. The molecule has 0 spiro atoms. The molecule has 1 N–H and O–H groups in total. The van der Waals surface area contributed by atoms with Gasteiger partial charge in [0.05, 0.1) is 6.42 Å². The highest BCUT2D eigenvalue weighted by Crippen LogP contribution is 2.38. The van der Waals surface area contributed by atoms with Crippen LogP contribution in [-0.2, 0) is 11.4 Å². The molecule has 1 aliphatic heterocycles. The molecule has 1 unspecified atom stereocenters. The number of aliphatic carboxylic acids is 1. The molecule has 3 nitrogen and oxygen atoms in total. The summed E-state index contributed by atoms with van der Waals surface area (Å²) in [5, 5.41) is 9.17. The fourth-order valence-corrected chi connectivity index (χ4v) is 2.62. The second-order valence-electron chi connectivity index (χ2n) is 4.68. The molecule has 19 heavy (non-hydrogen) atoms. The molecule has 0 saturated carbocycles. The van der Waals surface area contributed by atoms with E-state index in [0.29, 0.717) is 6.61 Å². The lowest BCUT2D eigenvalue weighted by Crippen LogP contribution is -2.08. The van der Waals surface area contributed by atoms with Crippen LogP contribution in [0.15, 0.2) is 48.5 Å². The summed E-state index contributed by atoms with van der Waals surface area (Å²) in [6.07, 6.45) is 0.0807. The fourth-order valence-electron chi connectivity index (χ4n) is 2.62. The molecule has 0 aromatic heterocycles. The summed E-state index contributed by atoms with van der Waals surface area (Å²) >= 11 is 0. The maximum absolute atomic E-state index is 11.2. The summed E-state index contributed by atoms with van der Waals surface area (Å²) in [6.45, 7) is 0.489. The van der Waals surface area contributed by atoms with Gasteiger partial charge >= 0.3 is 5.97 Å². The minimum atomic E-state index is -0.795. The third-order valence-electron chi connectivity index (χ3n) is 3.49. The van der Waals surface area contributed by atoms with Crippen molar-refractivity contribution in [3.05, 3.63) is 65.2 Å². The van der Waals surface area contributed by atoms with Crippen LogP contribution in [0.4, 0.5) is 0 Å². The number of para-hydroxylation sites is 1. The maximum Gasteiger partial charge on any atom is 0.304 e. The van der Waals surface area contributed by atoms with E-state index in [-0.39, 0.29) is 12.3 Å². The SMILES string of the molecule is O=C(O)CC1c2ccccc2COc2ccccc21. The average Bonchev–Trinajstić information content (AvgIpc) is 2.57. The first-order valence-electron chi connectivity index (χ1n) is 6.27. The van der Waals surface area contributed by atoms with E-state index >= 15 is 0 Å². The predicted octanol–water partition coefficient (Wildman–Crippen LogP) is 3.19. The fraction of sp³-hybridized carbons (Fsp3) is 0.188. The minimum absolute atomic E-state index is 0.0807. The standard InChI is InChI=1S/C16H14O3/c17-16(18)9-14-12-6-2-1-5-11(12)10-19-15-8-4-3-7-13(14)15/h1-8,14H,9-10H2,(H,17,18). The van der Waals surface area contributed by atoms with E-state index in [1.54, 1.807) is 0 Å². The van der Waals surface area contributed by atoms with Gasteiger partial charge in [-0.2, -0.15) is 0 Å². The summed E-state index contributed by atoms with van der Waals surface area (Å²) < 4.78 is 5.79. The number of rotatable bonds is 2. The zero-order valence-corrected chi connectivity index (χ0v) is 10.4. The Morgan fingerprint density at radius 2 is 1.79 bits per heavy atom. The van der Waals surface area contributed by atoms with Gasteiger partial charge in [-0.1, -0.05) is 42.5 Å². The van der Waals surface area contributed by atoms with E-state index in [9.17, 15) is 4.79 Å². The van der Waals surface area contributed by atoms with Gasteiger partial charge in [-0.15, -0.1) is 0 Å². The lowest BCUT2D eigenvalue weighted by Gasteiger charge is -2.16. The van der Waals surface area contributed by atoms with Crippen LogP contribution in [0.1, 0.15) is 29.0 Å². The molecule has 1 aliphatic rings. The van der Waals surface area contributed by atoms with E-state index in [0.717, 1.165) is 22.4 Å². The molecule has 0 amide bonds. The summed E-state index contributed by atoms with van der Waals surface area (Å²) in [5.41, 5.74) is 3.06. The molecular weight excluding hydrogens is 240 g/mol. The van der Waals surface area contributed by atoms with E-state index in [4.69, 9.17) is 9.84 Å². The summed E-state index contributed by atoms with van der Waals surface area (Å²) in [5.74, 6) is -0.158. The number of carboxylic acids is 1. The third-order valence-corrected chi connectivity index (χ3v) is 3.49. The highest BCUT2D eigenvalue weighted by molar-refractivity contribution is 5.70. The maximum atomic E-state index is 11.2. The van der Waals surface area contributed by atoms with Crippen LogP contribution in [-0.4, -0.2) is 11.1 Å². The lowest BCUT2D eigenvalue weighted by molar-refractivity contribution is -0.137. The van der Waals surface area contributed by atoms with Gasteiger partial charge in [-0.05, 0) is 17.2 Å². The van der Waals surface area contributed by atoms with Crippen molar-refractivity contribution in [2.24, 2.45) is 0 Å². The van der Waals surface area contributed by atoms with Crippen molar-refractivity contribution in [2.45, 2.75) is 18.9 Å². The number of carboxylic acid groups (broad SMARTS) is 1. The molecule has 0 aliphatic carbocycles. The monoisotopic (exact) mass is 254 g/mol. The van der Waals surface area contributed by atoms with Crippen molar-refractivity contribution in [2.75, 3.05) is 0 Å².